The number of hydrogen-bond donors (Lipinski definition) is 4. The van der Waals surface area contributed by atoms with Crippen molar-refractivity contribution < 1.29 is 67.7 Å². The van der Waals surface area contributed by atoms with E-state index in [1.165, 1.54) is 46.1 Å². The van der Waals surface area contributed by atoms with Crippen molar-refractivity contribution in [2.24, 2.45) is 23.7 Å². The van der Waals surface area contributed by atoms with Crippen LogP contribution in [-0.2, 0) is 43.9 Å². The lowest BCUT2D eigenvalue weighted by molar-refractivity contribution is -0.161. The first-order chi connectivity index (χ1) is 25.4. The number of fused-ring (bicyclic) bond motifs is 14. The molecule has 294 valence electrons. The fourth-order valence-corrected chi connectivity index (χ4v) is 6.99. The molecular formula is C39H49NO14. The van der Waals surface area contributed by atoms with Crippen molar-refractivity contribution in [1.29, 1.82) is 0 Å². The van der Waals surface area contributed by atoms with Crippen LogP contribution < -0.4 is 10.1 Å². The van der Waals surface area contributed by atoms with Crippen LogP contribution in [0.4, 0.5) is 0 Å². The van der Waals surface area contributed by atoms with Gasteiger partial charge in [0.1, 0.15) is 29.8 Å². The fourth-order valence-electron chi connectivity index (χ4n) is 6.99. The summed E-state index contributed by atoms with van der Waals surface area (Å²) in [6.07, 6.45) is 4.05. The lowest BCUT2D eigenvalue weighted by atomic mass is 9.78. The maximum absolute atomic E-state index is 14.1. The lowest BCUT2D eigenvalue weighted by Gasteiger charge is -2.38. The van der Waals surface area contributed by atoms with Crippen molar-refractivity contribution in [3.8, 4) is 11.5 Å². The molecule has 9 unspecified atom stereocenters. The molecule has 1 aromatic rings. The van der Waals surface area contributed by atoms with E-state index in [0.29, 0.717) is 0 Å². The molecule has 0 aromatic heterocycles. The van der Waals surface area contributed by atoms with Crippen LogP contribution in [0.25, 0.3) is 0 Å². The lowest BCUT2D eigenvalue weighted by Crippen LogP contribution is -2.46. The third-order valence-electron chi connectivity index (χ3n) is 10.1. The summed E-state index contributed by atoms with van der Waals surface area (Å²) >= 11 is 0. The highest BCUT2D eigenvalue weighted by atomic mass is 16.8. The summed E-state index contributed by atoms with van der Waals surface area (Å²) in [6.45, 7) is 11.9. The van der Waals surface area contributed by atoms with E-state index in [9.17, 15) is 39.3 Å². The number of carbonyl (C=O) groups is 5. The Bertz CT molecular complexity index is 1790. The van der Waals surface area contributed by atoms with Gasteiger partial charge in [-0.3, -0.25) is 14.4 Å². The number of ether oxygens (including phenoxy) is 6. The van der Waals surface area contributed by atoms with Gasteiger partial charge in [0.25, 0.3) is 11.7 Å². The number of aliphatic hydroxyl groups excluding tert-OH is 2. The Hall–Kier alpha value is -4.83. The predicted octanol–water partition coefficient (Wildman–Crippen LogP) is 3.42. The number of benzene rings is 1. The molecule has 4 aliphatic rings. The molecule has 0 saturated carbocycles. The number of aromatic hydroxyl groups is 1. The number of aliphatic hydroxyl groups is 2. The van der Waals surface area contributed by atoms with Crippen LogP contribution in [0.15, 0.2) is 47.9 Å². The van der Waals surface area contributed by atoms with Crippen LogP contribution in [-0.4, -0.2) is 89.7 Å². The molecule has 1 amide bonds. The minimum Gasteiger partial charge on any atom is -0.507 e. The van der Waals surface area contributed by atoms with Gasteiger partial charge >= 0.3 is 17.9 Å². The van der Waals surface area contributed by atoms with E-state index in [1.807, 2.05) is 0 Å². The van der Waals surface area contributed by atoms with E-state index in [2.05, 4.69) is 5.32 Å². The maximum Gasteiger partial charge on any atom is 0.347 e. The average Bonchev–Trinajstić information content (AvgIpc) is 3.50. The number of hydrogen-bond acceptors (Lipinski definition) is 14. The summed E-state index contributed by atoms with van der Waals surface area (Å²) in [5.74, 6) is -9.88. The Morgan fingerprint density at radius 2 is 1.69 bits per heavy atom. The summed E-state index contributed by atoms with van der Waals surface area (Å²) in [7, 11) is 1.39. The molecule has 4 N–H and O–H groups in total. The number of methoxy groups -OCH3 is 1. The quantitative estimate of drug-likeness (QED) is 0.256. The number of ketones is 1. The summed E-state index contributed by atoms with van der Waals surface area (Å²) in [5, 5.41) is 36.6. The van der Waals surface area contributed by atoms with E-state index in [4.69, 9.17) is 28.4 Å². The molecule has 3 heterocycles. The zero-order chi connectivity index (χ0) is 40.2. The van der Waals surface area contributed by atoms with E-state index >= 15 is 0 Å². The molecule has 1 aromatic carbocycles. The Balaban J connectivity index is 1.95. The van der Waals surface area contributed by atoms with Gasteiger partial charge in [0.2, 0.25) is 5.78 Å². The first-order valence-electron chi connectivity index (χ1n) is 17.7. The standard InChI is InChI=1S/C39H49NO14/c1-10-50-36-23(7)33(45)28-30-29(36)38(48)51-15-14-26(49-9)20(4)35(53-24(8)41)22(6)32(44)21(5)31(43)18(2)12-11-13-19(3)37(47)40-25(34(28)46)16-39(30)52-17-27(42)54-39/h11-16,18,20-22,26,31-32,35,43-45H,10,17H2,1-9H3,(H,40,47). The molecular weight excluding hydrogens is 706 g/mol. The Morgan fingerprint density at radius 1 is 1.00 bits per heavy atom. The largest absolute Gasteiger partial charge is 0.507 e. The van der Waals surface area contributed by atoms with Crippen molar-refractivity contribution in [2.45, 2.75) is 85.6 Å². The molecule has 15 heteroatoms. The summed E-state index contributed by atoms with van der Waals surface area (Å²) in [6, 6.07) is 0. The number of esters is 3. The molecule has 3 aliphatic heterocycles. The van der Waals surface area contributed by atoms with Gasteiger partial charge in [-0.1, -0.05) is 45.9 Å². The van der Waals surface area contributed by atoms with E-state index in [1.54, 1.807) is 40.7 Å². The molecule has 0 radical (unpaired) electrons. The Labute approximate surface area is 313 Å². The third-order valence-corrected chi connectivity index (χ3v) is 10.1. The number of phenolic OH excluding ortho intramolecular Hbond substituents is 1. The third kappa shape index (κ3) is 8.28. The van der Waals surface area contributed by atoms with Crippen molar-refractivity contribution in [3.63, 3.8) is 0 Å². The molecule has 1 spiro atoms. The molecule has 1 aliphatic carbocycles. The monoisotopic (exact) mass is 755 g/mol. The Morgan fingerprint density at radius 3 is 2.28 bits per heavy atom. The topological polar surface area (TPSA) is 213 Å². The van der Waals surface area contributed by atoms with Gasteiger partial charge in [0.05, 0.1) is 48.0 Å². The van der Waals surface area contributed by atoms with Crippen LogP contribution in [0.5, 0.6) is 11.5 Å². The second kappa shape index (κ2) is 17.1. The summed E-state index contributed by atoms with van der Waals surface area (Å²) in [5.41, 5.74) is -1.56. The highest BCUT2D eigenvalue weighted by molar-refractivity contribution is 6.17. The van der Waals surface area contributed by atoms with Crippen LogP contribution in [0.3, 0.4) is 0 Å². The zero-order valence-corrected chi connectivity index (χ0v) is 31.8. The van der Waals surface area contributed by atoms with Gasteiger partial charge in [-0.2, -0.15) is 0 Å². The fraction of sp³-hybridized carbons (Fsp3) is 0.513. The van der Waals surface area contributed by atoms with Crippen molar-refractivity contribution >= 4 is 29.6 Å². The first-order valence-corrected chi connectivity index (χ1v) is 17.7. The number of nitrogens with one attached hydrogen (secondary N) is 1. The van der Waals surface area contributed by atoms with E-state index in [0.717, 1.165) is 12.3 Å². The Kier molecular flexibility index (Phi) is 13.3. The van der Waals surface area contributed by atoms with Crippen LogP contribution in [0, 0.1) is 30.6 Å². The number of Topliss-reactive ketones (excluding diaryl/α,β-unsaturated/α-hetero) is 1. The number of rotatable bonds is 4. The van der Waals surface area contributed by atoms with Gasteiger partial charge in [-0.15, -0.1) is 0 Å². The van der Waals surface area contributed by atoms with Crippen LogP contribution in [0.1, 0.15) is 80.3 Å². The smallest absolute Gasteiger partial charge is 0.347 e. The summed E-state index contributed by atoms with van der Waals surface area (Å²) in [4.78, 5) is 66.4. The molecule has 54 heavy (non-hydrogen) atoms. The summed E-state index contributed by atoms with van der Waals surface area (Å²) < 4.78 is 34.1. The number of phenols is 1. The minimum absolute atomic E-state index is 0.00718. The SMILES string of the molecule is CCOc1c(C)c(O)c2c3c1C(=O)OC=CC(OC)C(C)C(OC(C)=O)C(C)C(O)C(C)C(O)C(C)C=CC=C(C)C(=O)NC(=CC31OCC(=O)O1)C2=O. The predicted molar refractivity (Wildman–Crippen MR) is 191 cm³/mol. The van der Waals surface area contributed by atoms with Crippen molar-refractivity contribution in [2.75, 3.05) is 20.3 Å². The highest BCUT2D eigenvalue weighted by Gasteiger charge is 2.53. The van der Waals surface area contributed by atoms with Crippen LogP contribution >= 0.6 is 0 Å². The zero-order valence-electron chi connectivity index (χ0n) is 31.8. The maximum atomic E-state index is 14.1. The normalized spacial score (nSPS) is 31.0. The van der Waals surface area contributed by atoms with Gasteiger partial charge in [0.15, 0.2) is 0 Å². The highest BCUT2D eigenvalue weighted by Crippen LogP contribution is 2.50. The molecule has 4 bridgehead atoms. The average molecular weight is 756 g/mol. The van der Waals surface area contributed by atoms with Gasteiger partial charge in [-0.25, -0.2) is 9.59 Å². The molecule has 1 saturated heterocycles. The second-order valence-corrected chi connectivity index (χ2v) is 13.8. The van der Waals surface area contributed by atoms with Gasteiger partial charge in [-0.05, 0) is 26.8 Å². The molecule has 1 fully saturated rings. The second-order valence-electron chi connectivity index (χ2n) is 13.8. The minimum atomic E-state index is -2.27. The molecule has 5 rings (SSSR count). The van der Waals surface area contributed by atoms with Gasteiger partial charge in [0, 0.05) is 54.9 Å². The van der Waals surface area contributed by atoms with Crippen LogP contribution in [0.2, 0.25) is 0 Å². The first kappa shape index (κ1) is 41.9. The van der Waals surface area contributed by atoms with Crippen molar-refractivity contribution in [3.05, 3.63) is 70.2 Å². The van der Waals surface area contributed by atoms with Gasteiger partial charge < -0.3 is 49.1 Å². The number of allylic oxidation sites excluding steroid dienone is 3. The van der Waals surface area contributed by atoms with Crippen molar-refractivity contribution in [1.82, 2.24) is 5.32 Å². The molecule has 15 nitrogen and oxygen atoms in total. The van der Waals surface area contributed by atoms with E-state index < -0.39 is 113 Å². The van der Waals surface area contributed by atoms with E-state index in [-0.39, 0.29) is 29.1 Å². The molecule has 9 atom stereocenters. The number of carbonyl (C=O) groups excluding carboxylic acids is 5. The number of amides is 1.